The molecule has 1 aliphatic heterocycles. The molecule has 0 bridgehead atoms. The number of hydrogen-bond donors (Lipinski definition) is 1. The Kier molecular flexibility index (Phi) is 3.94. The summed E-state index contributed by atoms with van der Waals surface area (Å²) in [6.45, 7) is 9.79. The van der Waals surface area contributed by atoms with Crippen LogP contribution in [0.3, 0.4) is 0 Å². The van der Waals surface area contributed by atoms with Crippen LogP contribution in [0.4, 0.5) is 0 Å². The van der Waals surface area contributed by atoms with Crippen LogP contribution < -0.4 is 5.32 Å². The second-order valence-electron chi connectivity index (χ2n) is 5.13. The average Bonchev–Trinajstić information content (AvgIpc) is 2.14. The van der Waals surface area contributed by atoms with Crippen molar-refractivity contribution in [3.05, 3.63) is 0 Å². The lowest BCUT2D eigenvalue weighted by atomic mass is 9.99. The summed E-state index contributed by atoms with van der Waals surface area (Å²) in [7, 11) is 0. The molecule has 3 unspecified atom stereocenters. The van der Waals surface area contributed by atoms with Gasteiger partial charge in [0.2, 0.25) is 11.8 Å². The van der Waals surface area contributed by atoms with Crippen LogP contribution >= 0.6 is 0 Å². The molecule has 1 saturated heterocycles. The van der Waals surface area contributed by atoms with E-state index in [1.807, 2.05) is 6.92 Å². The van der Waals surface area contributed by atoms with E-state index in [1.54, 1.807) is 18.7 Å². The molecule has 0 aromatic rings. The normalized spacial score (nSPS) is 28.2. The van der Waals surface area contributed by atoms with Gasteiger partial charge in [-0.05, 0) is 33.1 Å². The van der Waals surface area contributed by atoms with Crippen LogP contribution in [0, 0.1) is 5.92 Å². The number of rotatable bonds is 3. The molecular weight excluding hydrogens is 204 g/mol. The largest absolute Gasteiger partial charge is 0.343 e. The van der Waals surface area contributed by atoms with Crippen molar-refractivity contribution in [1.29, 1.82) is 0 Å². The van der Waals surface area contributed by atoms with E-state index in [2.05, 4.69) is 19.2 Å². The lowest BCUT2D eigenvalue weighted by molar-refractivity contribution is -0.150. The van der Waals surface area contributed by atoms with Crippen molar-refractivity contribution in [2.75, 3.05) is 0 Å². The number of carbonyl (C=O) groups excluding carboxylic acids is 2. The van der Waals surface area contributed by atoms with Gasteiger partial charge in [-0.3, -0.25) is 9.59 Å². The van der Waals surface area contributed by atoms with Crippen molar-refractivity contribution in [1.82, 2.24) is 10.2 Å². The van der Waals surface area contributed by atoms with Crippen LogP contribution in [-0.4, -0.2) is 34.8 Å². The zero-order valence-corrected chi connectivity index (χ0v) is 10.8. The second-order valence-corrected chi connectivity index (χ2v) is 5.13. The molecular formula is C12H22N2O2. The summed E-state index contributed by atoms with van der Waals surface area (Å²) in [6.07, 6.45) is 0.927. The Balaban J connectivity index is 2.81. The quantitative estimate of drug-likeness (QED) is 0.785. The number of nitrogens with one attached hydrogen (secondary N) is 1. The second kappa shape index (κ2) is 4.85. The predicted octanol–water partition coefficient (Wildman–Crippen LogP) is 1.16. The standard InChI is InChI=1S/C12H22N2O2/c1-7(2)6-8(3)14-10(5)11(15)13-9(4)12(14)16/h7-10H,6H2,1-5H3,(H,13,15). The molecule has 0 aliphatic carbocycles. The first-order valence-corrected chi connectivity index (χ1v) is 5.97. The van der Waals surface area contributed by atoms with E-state index in [-0.39, 0.29) is 23.9 Å². The molecule has 0 saturated carbocycles. The molecule has 1 heterocycles. The van der Waals surface area contributed by atoms with Crippen LogP contribution in [0.25, 0.3) is 0 Å². The van der Waals surface area contributed by atoms with Gasteiger partial charge in [0.15, 0.2) is 0 Å². The Labute approximate surface area is 97.4 Å². The van der Waals surface area contributed by atoms with Gasteiger partial charge in [0, 0.05) is 6.04 Å². The first-order valence-electron chi connectivity index (χ1n) is 5.97. The molecule has 1 rings (SSSR count). The summed E-state index contributed by atoms with van der Waals surface area (Å²) < 4.78 is 0. The van der Waals surface area contributed by atoms with Crippen molar-refractivity contribution in [2.24, 2.45) is 5.92 Å². The molecule has 92 valence electrons. The summed E-state index contributed by atoms with van der Waals surface area (Å²) in [5.41, 5.74) is 0. The van der Waals surface area contributed by atoms with E-state index < -0.39 is 6.04 Å². The average molecular weight is 226 g/mol. The highest BCUT2D eigenvalue weighted by Gasteiger charge is 2.38. The van der Waals surface area contributed by atoms with Gasteiger partial charge >= 0.3 is 0 Å². The van der Waals surface area contributed by atoms with Gasteiger partial charge in [-0.15, -0.1) is 0 Å². The van der Waals surface area contributed by atoms with E-state index in [0.717, 1.165) is 6.42 Å². The minimum atomic E-state index is -0.390. The molecule has 16 heavy (non-hydrogen) atoms. The fourth-order valence-electron chi connectivity index (χ4n) is 2.33. The minimum absolute atomic E-state index is 0.0280. The third kappa shape index (κ3) is 2.54. The molecule has 0 spiro atoms. The lowest BCUT2D eigenvalue weighted by Gasteiger charge is -2.40. The zero-order chi connectivity index (χ0) is 12.5. The molecule has 3 atom stereocenters. The van der Waals surface area contributed by atoms with Gasteiger partial charge in [0.1, 0.15) is 12.1 Å². The summed E-state index contributed by atoms with van der Waals surface area (Å²) in [6, 6.07) is -0.619. The van der Waals surface area contributed by atoms with Gasteiger partial charge in [0.05, 0.1) is 0 Å². The SMILES string of the molecule is CC(C)CC(C)N1C(=O)C(C)NC(=O)C1C. The maximum Gasteiger partial charge on any atom is 0.245 e. The van der Waals surface area contributed by atoms with Gasteiger partial charge in [-0.1, -0.05) is 13.8 Å². The van der Waals surface area contributed by atoms with Crippen LogP contribution in [0.1, 0.15) is 41.0 Å². The smallest absolute Gasteiger partial charge is 0.245 e. The monoisotopic (exact) mass is 226 g/mol. The van der Waals surface area contributed by atoms with Crippen LogP contribution in [0.2, 0.25) is 0 Å². The highest BCUT2D eigenvalue weighted by molar-refractivity contribution is 5.96. The van der Waals surface area contributed by atoms with Crippen LogP contribution in [0.5, 0.6) is 0 Å². The zero-order valence-electron chi connectivity index (χ0n) is 10.8. The summed E-state index contributed by atoms with van der Waals surface area (Å²) in [4.78, 5) is 25.4. The van der Waals surface area contributed by atoms with Gasteiger partial charge < -0.3 is 10.2 Å². The van der Waals surface area contributed by atoms with E-state index in [4.69, 9.17) is 0 Å². The molecule has 1 N–H and O–H groups in total. The maximum atomic E-state index is 12.0. The van der Waals surface area contributed by atoms with Gasteiger partial charge in [0.25, 0.3) is 0 Å². The number of piperazine rings is 1. The maximum absolute atomic E-state index is 12.0. The Morgan fingerprint density at radius 3 is 2.31 bits per heavy atom. The van der Waals surface area contributed by atoms with Crippen molar-refractivity contribution in [3.8, 4) is 0 Å². The Morgan fingerprint density at radius 2 is 1.81 bits per heavy atom. The van der Waals surface area contributed by atoms with Gasteiger partial charge in [-0.25, -0.2) is 0 Å². The van der Waals surface area contributed by atoms with Crippen molar-refractivity contribution < 1.29 is 9.59 Å². The van der Waals surface area contributed by atoms with Crippen molar-refractivity contribution >= 4 is 11.8 Å². The Morgan fingerprint density at radius 1 is 1.25 bits per heavy atom. The molecule has 4 nitrogen and oxygen atoms in total. The highest BCUT2D eigenvalue weighted by Crippen LogP contribution is 2.18. The van der Waals surface area contributed by atoms with Gasteiger partial charge in [-0.2, -0.15) is 0 Å². The number of carbonyl (C=O) groups is 2. The molecule has 1 aliphatic rings. The first-order chi connectivity index (χ1) is 7.34. The molecule has 4 heteroatoms. The summed E-state index contributed by atoms with van der Waals surface area (Å²) in [5, 5.41) is 2.69. The van der Waals surface area contributed by atoms with E-state index in [9.17, 15) is 9.59 Å². The molecule has 0 aromatic heterocycles. The Hall–Kier alpha value is -1.06. The predicted molar refractivity (Wildman–Crippen MR) is 62.8 cm³/mol. The fraction of sp³-hybridized carbons (Fsp3) is 0.833. The number of hydrogen-bond acceptors (Lipinski definition) is 2. The van der Waals surface area contributed by atoms with Crippen LogP contribution in [0.15, 0.2) is 0 Å². The number of nitrogens with zero attached hydrogens (tertiary/aromatic N) is 1. The topological polar surface area (TPSA) is 49.4 Å². The first kappa shape index (κ1) is 13.0. The fourth-order valence-corrected chi connectivity index (χ4v) is 2.33. The van der Waals surface area contributed by atoms with Crippen LogP contribution in [-0.2, 0) is 9.59 Å². The minimum Gasteiger partial charge on any atom is -0.343 e. The van der Waals surface area contributed by atoms with E-state index in [0.29, 0.717) is 5.92 Å². The van der Waals surface area contributed by atoms with Crippen molar-refractivity contribution in [2.45, 2.75) is 59.2 Å². The number of amides is 2. The summed E-state index contributed by atoms with van der Waals surface area (Å²) in [5.74, 6) is 0.498. The Bertz CT molecular complexity index is 289. The molecule has 0 aromatic carbocycles. The molecule has 0 radical (unpaired) electrons. The summed E-state index contributed by atoms with van der Waals surface area (Å²) >= 11 is 0. The lowest BCUT2D eigenvalue weighted by Crippen LogP contribution is -2.63. The van der Waals surface area contributed by atoms with E-state index in [1.165, 1.54) is 0 Å². The molecule has 1 fully saturated rings. The molecule has 2 amide bonds. The van der Waals surface area contributed by atoms with E-state index >= 15 is 0 Å². The third-order valence-corrected chi connectivity index (χ3v) is 3.07. The third-order valence-electron chi connectivity index (χ3n) is 3.07. The highest BCUT2D eigenvalue weighted by atomic mass is 16.2. The van der Waals surface area contributed by atoms with Crippen molar-refractivity contribution in [3.63, 3.8) is 0 Å².